The van der Waals surface area contributed by atoms with Gasteiger partial charge in [-0.25, -0.2) is 14.7 Å². The number of rotatable bonds is 5. The van der Waals surface area contributed by atoms with Crippen molar-refractivity contribution in [2.24, 2.45) is 4.99 Å². The summed E-state index contributed by atoms with van der Waals surface area (Å²) in [6.07, 6.45) is 8.57. The smallest absolute Gasteiger partial charge is 0.256 e. The molecule has 7 nitrogen and oxygen atoms in total. The minimum absolute atomic E-state index is 0.0284. The summed E-state index contributed by atoms with van der Waals surface area (Å²) in [7, 11) is 0. The first-order valence-corrected chi connectivity index (χ1v) is 10.7. The normalized spacial score (nSPS) is 15.6. The second-order valence-electron chi connectivity index (χ2n) is 7.64. The highest BCUT2D eigenvalue weighted by Gasteiger charge is 2.24. The van der Waals surface area contributed by atoms with Gasteiger partial charge in [0, 0.05) is 31.2 Å². The summed E-state index contributed by atoms with van der Waals surface area (Å²) in [6, 6.07) is 9.39. The third kappa shape index (κ3) is 5.92. The van der Waals surface area contributed by atoms with E-state index in [0.717, 1.165) is 29.2 Å². The summed E-state index contributed by atoms with van der Waals surface area (Å²) in [5, 5.41) is 6.08. The lowest BCUT2D eigenvalue weighted by atomic mass is 10.1. The van der Waals surface area contributed by atoms with Gasteiger partial charge >= 0.3 is 0 Å². The Labute approximate surface area is 184 Å². The van der Waals surface area contributed by atoms with Gasteiger partial charge in [0.25, 0.3) is 5.91 Å². The molecule has 0 radical (unpaired) electrons. The molecule has 1 fully saturated rings. The van der Waals surface area contributed by atoms with Crippen molar-refractivity contribution in [2.45, 2.75) is 34.1 Å². The van der Waals surface area contributed by atoms with Crippen LogP contribution in [0, 0.1) is 0 Å². The number of allylic oxidation sites excluding steroid dienone is 3. The van der Waals surface area contributed by atoms with E-state index in [0.29, 0.717) is 31.8 Å². The number of para-hydroxylation sites is 1. The maximum absolute atomic E-state index is 13.3. The number of amides is 1. The summed E-state index contributed by atoms with van der Waals surface area (Å²) in [4.78, 5) is 25.9. The number of nitrogens with zero attached hydrogens (tertiary/aromatic N) is 5. The van der Waals surface area contributed by atoms with Crippen molar-refractivity contribution in [3.63, 3.8) is 0 Å². The van der Waals surface area contributed by atoms with Crippen LogP contribution in [0.15, 0.2) is 71.1 Å². The summed E-state index contributed by atoms with van der Waals surface area (Å²) >= 11 is 0. The quantitative estimate of drug-likeness (QED) is 0.535. The molecule has 1 aromatic heterocycles. The lowest BCUT2D eigenvalue weighted by Gasteiger charge is -2.23. The predicted octanol–water partition coefficient (Wildman–Crippen LogP) is 4.24. The van der Waals surface area contributed by atoms with Gasteiger partial charge in [-0.3, -0.25) is 9.63 Å². The number of amidine groups is 1. The zero-order valence-corrected chi connectivity index (χ0v) is 18.8. The van der Waals surface area contributed by atoms with Crippen LogP contribution in [-0.4, -0.2) is 57.7 Å². The van der Waals surface area contributed by atoms with E-state index in [-0.39, 0.29) is 5.91 Å². The third-order valence-electron chi connectivity index (χ3n) is 4.82. The Balaban J connectivity index is 1.79. The predicted molar refractivity (Wildman–Crippen MR) is 123 cm³/mol. The first-order valence-electron chi connectivity index (χ1n) is 10.7. The minimum Gasteiger partial charge on any atom is -0.334 e. The van der Waals surface area contributed by atoms with Crippen molar-refractivity contribution >= 4 is 11.7 Å². The van der Waals surface area contributed by atoms with Crippen molar-refractivity contribution in [1.29, 1.82) is 0 Å². The highest BCUT2D eigenvalue weighted by Crippen LogP contribution is 2.17. The molecule has 0 saturated carbocycles. The molecular weight excluding hydrogens is 390 g/mol. The molecule has 0 N–H and O–H groups in total. The number of carbonyl (C=O) groups excluding carboxylic acids is 1. The third-order valence-corrected chi connectivity index (χ3v) is 4.82. The van der Waals surface area contributed by atoms with Crippen LogP contribution >= 0.6 is 0 Å². The standard InChI is InChI=1S/C24H31N5O2/c1-5-9-20(4)26-23(18-19(2)3)29-15-14-27(16-17-31-29)24(30)21-10-6-7-11-22(21)28-13-8-12-25-28/h6-13,18H,5,14-17H2,1-4H3/b20-9+,26-23?. The molecule has 0 bridgehead atoms. The first-order chi connectivity index (χ1) is 15.0. The zero-order chi connectivity index (χ0) is 22.2. The van der Waals surface area contributed by atoms with Gasteiger partial charge in [0.05, 0.1) is 24.4 Å². The minimum atomic E-state index is -0.0284. The molecule has 7 heteroatoms. The zero-order valence-electron chi connectivity index (χ0n) is 18.8. The monoisotopic (exact) mass is 421 g/mol. The molecule has 1 aliphatic rings. The van der Waals surface area contributed by atoms with E-state index in [1.165, 1.54) is 0 Å². The summed E-state index contributed by atoms with van der Waals surface area (Å²) in [6.45, 7) is 10.1. The van der Waals surface area contributed by atoms with Crippen molar-refractivity contribution in [3.8, 4) is 5.69 Å². The topological polar surface area (TPSA) is 63.0 Å². The van der Waals surface area contributed by atoms with Gasteiger partial charge in [0.2, 0.25) is 0 Å². The van der Waals surface area contributed by atoms with Crippen molar-refractivity contribution in [2.75, 3.05) is 26.2 Å². The molecule has 0 spiro atoms. The Hall–Kier alpha value is -3.19. The summed E-state index contributed by atoms with van der Waals surface area (Å²) in [5.41, 5.74) is 3.48. The van der Waals surface area contributed by atoms with Gasteiger partial charge in [0.15, 0.2) is 5.84 Å². The van der Waals surface area contributed by atoms with Crippen LogP contribution in [0.25, 0.3) is 5.69 Å². The molecule has 31 heavy (non-hydrogen) atoms. The van der Waals surface area contributed by atoms with E-state index in [1.54, 1.807) is 15.9 Å². The molecule has 1 aromatic carbocycles. The highest BCUT2D eigenvalue weighted by atomic mass is 16.7. The Bertz CT molecular complexity index is 972. The number of aliphatic imine (C=N–C) groups is 1. The molecule has 0 atom stereocenters. The van der Waals surface area contributed by atoms with Crippen molar-refractivity contribution in [3.05, 3.63) is 71.7 Å². The van der Waals surface area contributed by atoms with Crippen LogP contribution < -0.4 is 0 Å². The Morgan fingerprint density at radius 3 is 2.68 bits per heavy atom. The van der Waals surface area contributed by atoms with Crippen LogP contribution in [0.5, 0.6) is 0 Å². The van der Waals surface area contributed by atoms with Gasteiger partial charge in [0.1, 0.15) is 0 Å². The maximum atomic E-state index is 13.3. The molecular formula is C24H31N5O2. The van der Waals surface area contributed by atoms with E-state index >= 15 is 0 Å². The Kier molecular flexibility index (Phi) is 7.78. The summed E-state index contributed by atoms with van der Waals surface area (Å²) in [5.74, 6) is 0.729. The average Bonchev–Trinajstić information content (AvgIpc) is 3.17. The number of aromatic nitrogens is 2. The number of hydroxylamine groups is 2. The maximum Gasteiger partial charge on any atom is 0.256 e. The Morgan fingerprint density at radius 1 is 1.16 bits per heavy atom. The van der Waals surface area contributed by atoms with E-state index in [2.05, 4.69) is 18.1 Å². The number of hydrogen-bond donors (Lipinski definition) is 0. The van der Waals surface area contributed by atoms with Crippen molar-refractivity contribution in [1.82, 2.24) is 19.7 Å². The van der Waals surface area contributed by atoms with Crippen LogP contribution in [0.2, 0.25) is 0 Å². The molecule has 1 amide bonds. The van der Waals surface area contributed by atoms with Crippen LogP contribution in [0.4, 0.5) is 0 Å². The second-order valence-corrected chi connectivity index (χ2v) is 7.64. The lowest BCUT2D eigenvalue weighted by Crippen LogP contribution is -2.37. The molecule has 1 saturated heterocycles. The van der Waals surface area contributed by atoms with Gasteiger partial charge < -0.3 is 4.90 Å². The van der Waals surface area contributed by atoms with Gasteiger partial charge in [-0.15, -0.1) is 0 Å². The number of carbonyl (C=O) groups is 1. The average molecular weight is 422 g/mol. The first kappa shape index (κ1) is 22.5. The van der Waals surface area contributed by atoms with E-state index < -0.39 is 0 Å². The van der Waals surface area contributed by atoms with E-state index in [4.69, 9.17) is 9.83 Å². The van der Waals surface area contributed by atoms with Gasteiger partial charge in [-0.2, -0.15) is 5.10 Å². The van der Waals surface area contributed by atoms with Crippen LogP contribution in [-0.2, 0) is 4.84 Å². The number of benzene rings is 1. The fraction of sp³-hybridized carbons (Fsp3) is 0.375. The van der Waals surface area contributed by atoms with E-state index in [9.17, 15) is 4.79 Å². The number of hydrogen-bond acceptors (Lipinski definition) is 4. The van der Waals surface area contributed by atoms with Gasteiger partial charge in [-0.05, 0) is 51.5 Å². The molecule has 3 rings (SSSR count). The molecule has 2 aromatic rings. The molecule has 0 aliphatic carbocycles. The SMILES string of the molecule is CC/C=C(\C)N=C(C=C(C)C)N1CCN(C(=O)c2ccccc2-n2cccn2)CCO1. The van der Waals surface area contributed by atoms with Gasteiger partial charge in [-0.1, -0.05) is 30.7 Å². The molecule has 0 unspecified atom stereocenters. The largest absolute Gasteiger partial charge is 0.334 e. The molecule has 1 aliphatic heterocycles. The lowest BCUT2D eigenvalue weighted by molar-refractivity contribution is -0.0849. The Morgan fingerprint density at radius 2 is 1.97 bits per heavy atom. The second kappa shape index (κ2) is 10.7. The van der Waals surface area contributed by atoms with Crippen molar-refractivity contribution < 1.29 is 9.63 Å². The van der Waals surface area contributed by atoms with Crippen LogP contribution in [0.3, 0.4) is 0 Å². The highest BCUT2D eigenvalue weighted by molar-refractivity contribution is 5.98. The molecule has 2 heterocycles. The van der Waals surface area contributed by atoms with Crippen LogP contribution in [0.1, 0.15) is 44.5 Å². The fourth-order valence-electron chi connectivity index (χ4n) is 3.41. The molecule has 164 valence electrons. The van der Waals surface area contributed by atoms with E-state index in [1.807, 2.05) is 68.3 Å². The fourth-order valence-corrected chi connectivity index (χ4v) is 3.41. The summed E-state index contributed by atoms with van der Waals surface area (Å²) < 4.78 is 1.72.